The average molecular weight is 327 g/mol. The third-order valence-electron chi connectivity index (χ3n) is 5.07. The molecular formula is C19H22NO2P. The van der Waals surface area contributed by atoms with Crippen molar-refractivity contribution in [1.29, 1.82) is 0 Å². The molecule has 1 saturated carbocycles. The largest absolute Gasteiger partial charge is 0.436 e. The predicted octanol–water partition coefficient (Wildman–Crippen LogP) is 5.15. The Morgan fingerprint density at radius 3 is 2.26 bits per heavy atom. The molecule has 2 aromatic rings. The number of hydrogen-bond acceptors (Lipinski definition) is 3. The fourth-order valence-electron chi connectivity index (χ4n) is 3.86. The Morgan fingerprint density at radius 1 is 0.870 bits per heavy atom. The molecule has 2 aromatic carbocycles. The standard InChI is InChI=1S/C19H22NO2P/c21-23(16-10-4-3-5-11-16)19(14-8-1-2-9-15-19)20-17-12-6-7-13-18(17)22-23/h3-7,10-13,20H,1-2,8-9,14-15H2. The lowest BCUT2D eigenvalue weighted by atomic mass is 10.1. The Balaban J connectivity index is 1.88. The highest BCUT2D eigenvalue weighted by molar-refractivity contribution is 7.69. The van der Waals surface area contributed by atoms with Gasteiger partial charge in [0.25, 0.3) is 0 Å². The van der Waals surface area contributed by atoms with Crippen molar-refractivity contribution in [2.75, 3.05) is 5.32 Å². The fourth-order valence-corrected chi connectivity index (χ4v) is 6.80. The topological polar surface area (TPSA) is 38.3 Å². The van der Waals surface area contributed by atoms with Crippen LogP contribution >= 0.6 is 7.37 Å². The van der Waals surface area contributed by atoms with Crippen LogP contribution in [0.5, 0.6) is 5.75 Å². The number of para-hydroxylation sites is 2. The second-order valence-electron chi connectivity index (χ2n) is 6.55. The first-order valence-electron chi connectivity index (χ1n) is 8.46. The van der Waals surface area contributed by atoms with Crippen LogP contribution in [0.2, 0.25) is 0 Å². The molecule has 1 aliphatic heterocycles. The molecule has 1 N–H and O–H groups in total. The van der Waals surface area contributed by atoms with Crippen LogP contribution in [0.1, 0.15) is 38.5 Å². The molecule has 0 amide bonds. The number of rotatable bonds is 1. The van der Waals surface area contributed by atoms with Gasteiger partial charge in [-0.3, -0.25) is 4.57 Å². The third kappa shape index (κ3) is 2.38. The van der Waals surface area contributed by atoms with E-state index in [1.54, 1.807) is 0 Å². The number of anilines is 1. The second-order valence-corrected chi connectivity index (χ2v) is 9.20. The molecule has 23 heavy (non-hydrogen) atoms. The summed E-state index contributed by atoms with van der Waals surface area (Å²) in [5.41, 5.74) is 0.969. The van der Waals surface area contributed by atoms with Gasteiger partial charge >= 0.3 is 7.37 Å². The summed E-state index contributed by atoms with van der Waals surface area (Å²) in [6.07, 6.45) is 6.39. The van der Waals surface area contributed by atoms with Crippen molar-refractivity contribution >= 4 is 18.4 Å². The Bertz CT molecular complexity index is 736. The highest BCUT2D eigenvalue weighted by Crippen LogP contribution is 2.65. The molecule has 4 rings (SSSR count). The number of hydrogen-bond donors (Lipinski definition) is 1. The van der Waals surface area contributed by atoms with Gasteiger partial charge in [-0.05, 0) is 37.1 Å². The molecule has 3 nitrogen and oxygen atoms in total. The molecule has 0 aromatic heterocycles. The summed E-state index contributed by atoms with van der Waals surface area (Å²) >= 11 is 0. The minimum atomic E-state index is -3.04. The maximum Gasteiger partial charge on any atom is 0.301 e. The van der Waals surface area contributed by atoms with Gasteiger partial charge in [-0.25, -0.2) is 0 Å². The smallest absolute Gasteiger partial charge is 0.301 e. The molecule has 1 heterocycles. The molecule has 1 spiro atoms. The van der Waals surface area contributed by atoms with Crippen LogP contribution in [0, 0.1) is 0 Å². The van der Waals surface area contributed by atoms with Gasteiger partial charge in [-0.15, -0.1) is 0 Å². The van der Waals surface area contributed by atoms with Crippen LogP contribution in [-0.4, -0.2) is 5.28 Å². The average Bonchev–Trinajstić information content (AvgIpc) is 2.83. The maximum absolute atomic E-state index is 14.2. The van der Waals surface area contributed by atoms with Gasteiger partial charge in [-0.1, -0.05) is 56.0 Å². The zero-order chi connectivity index (χ0) is 15.8. The van der Waals surface area contributed by atoms with E-state index in [0.717, 1.165) is 36.7 Å². The highest BCUT2D eigenvalue weighted by Gasteiger charge is 2.54. The van der Waals surface area contributed by atoms with Crippen molar-refractivity contribution in [3.8, 4) is 5.75 Å². The molecule has 0 radical (unpaired) electrons. The van der Waals surface area contributed by atoms with Crippen LogP contribution in [-0.2, 0) is 4.57 Å². The lowest BCUT2D eigenvalue weighted by Crippen LogP contribution is -2.45. The van der Waals surface area contributed by atoms with E-state index in [4.69, 9.17) is 4.52 Å². The summed E-state index contributed by atoms with van der Waals surface area (Å²) in [7, 11) is -3.04. The number of benzene rings is 2. The normalized spacial score (nSPS) is 25.7. The van der Waals surface area contributed by atoms with Gasteiger partial charge in [0.15, 0.2) is 0 Å². The predicted molar refractivity (Wildman–Crippen MR) is 94.8 cm³/mol. The Labute approximate surface area is 137 Å². The second kappa shape index (κ2) is 5.72. The SMILES string of the molecule is O=P1(c2ccccc2)Oc2ccccc2NC12CCCCCC2. The summed E-state index contributed by atoms with van der Waals surface area (Å²) < 4.78 is 20.4. The fraction of sp³-hybridized carbons (Fsp3) is 0.368. The molecule has 0 saturated heterocycles. The van der Waals surface area contributed by atoms with E-state index in [-0.39, 0.29) is 0 Å². The van der Waals surface area contributed by atoms with Crippen molar-refractivity contribution in [3.05, 3.63) is 54.6 Å². The summed E-state index contributed by atoms with van der Waals surface area (Å²) in [5, 5.41) is 4.00. The van der Waals surface area contributed by atoms with Crippen molar-refractivity contribution < 1.29 is 9.09 Å². The van der Waals surface area contributed by atoms with E-state index in [2.05, 4.69) is 5.32 Å². The Hall–Kier alpha value is -1.73. The van der Waals surface area contributed by atoms with Crippen molar-refractivity contribution in [1.82, 2.24) is 0 Å². The van der Waals surface area contributed by atoms with Crippen molar-refractivity contribution in [3.63, 3.8) is 0 Å². The first-order chi connectivity index (χ1) is 11.2. The van der Waals surface area contributed by atoms with Gasteiger partial charge in [0.2, 0.25) is 0 Å². The van der Waals surface area contributed by atoms with E-state index >= 15 is 0 Å². The molecule has 1 aliphatic carbocycles. The zero-order valence-corrected chi connectivity index (χ0v) is 14.1. The Kier molecular flexibility index (Phi) is 3.69. The van der Waals surface area contributed by atoms with Crippen LogP contribution in [0.3, 0.4) is 0 Å². The van der Waals surface area contributed by atoms with Gasteiger partial charge in [0, 0.05) is 0 Å². The van der Waals surface area contributed by atoms with Gasteiger partial charge in [0.1, 0.15) is 11.0 Å². The lowest BCUT2D eigenvalue weighted by Gasteiger charge is -2.45. The molecule has 120 valence electrons. The molecule has 1 unspecified atom stereocenters. The van der Waals surface area contributed by atoms with Gasteiger partial charge in [0.05, 0.1) is 11.0 Å². The van der Waals surface area contributed by atoms with Gasteiger partial charge in [-0.2, -0.15) is 0 Å². The minimum absolute atomic E-state index is 0.473. The zero-order valence-electron chi connectivity index (χ0n) is 13.2. The van der Waals surface area contributed by atoms with Crippen molar-refractivity contribution in [2.24, 2.45) is 0 Å². The first-order valence-corrected chi connectivity index (χ1v) is 10.1. The Morgan fingerprint density at radius 2 is 1.52 bits per heavy atom. The van der Waals surface area contributed by atoms with E-state index in [1.165, 1.54) is 12.8 Å². The summed E-state index contributed by atoms with van der Waals surface area (Å²) in [4.78, 5) is 0. The minimum Gasteiger partial charge on any atom is -0.436 e. The molecule has 0 bridgehead atoms. The van der Waals surface area contributed by atoms with Crippen molar-refractivity contribution in [2.45, 2.75) is 43.8 Å². The summed E-state index contributed by atoms with van der Waals surface area (Å²) in [6.45, 7) is 0. The molecule has 4 heteroatoms. The van der Waals surface area contributed by atoms with E-state index in [9.17, 15) is 4.57 Å². The number of nitrogens with one attached hydrogen (secondary N) is 1. The summed E-state index contributed by atoms with van der Waals surface area (Å²) in [6, 6.07) is 17.6. The van der Waals surface area contributed by atoms with E-state index in [1.807, 2.05) is 54.6 Å². The van der Waals surface area contributed by atoms with Crippen LogP contribution in [0.4, 0.5) is 5.69 Å². The number of fused-ring (bicyclic) bond motifs is 1. The summed E-state index contributed by atoms with van der Waals surface area (Å²) in [5.74, 6) is 0.703. The first kappa shape index (κ1) is 14.8. The molecular weight excluding hydrogens is 305 g/mol. The van der Waals surface area contributed by atoms with Gasteiger partial charge < -0.3 is 9.84 Å². The quantitative estimate of drug-likeness (QED) is 0.737. The van der Waals surface area contributed by atoms with E-state index in [0.29, 0.717) is 5.75 Å². The molecule has 1 atom stereocenters. The maximum atomic E-state index is 14.2. The molecule has 2 aliphatic rings. The molecule has 1 fully saturated rings. The van der Waals surface area contributed by atoms with Crippen LogP contribution < -0.4 is 15.1 Å². The van der Waals surface area contributed by atoms with Crippen LogP contribution in [0.25, 0.3) is 0 Å². The monoisotopic (exact) mass is 327 g/mol. The highest BCUT2D eigenvalue weighted by atomic mass is 31.2. The lowest BCUT2D eigenvalue weighted by molar-refractivity contribution is 0.413. The van der Waals surface area contributed by atoms with Crippen LogP contribution in [0.15, 0.2) is 54.6 Å². The van der Waals surface area contributed by atoms with E-state index < -0.39 is 12.6 Å². The third-order valence-corrected chi connectivity index (χ3v) is 8.19.